The molecule has 1 heterocycles. The fourth-order valence-electron chi connectivity index (χ4n) is 2.43. The molecular formula is C12H20F3N3O. The lowest BCUT2D eigenvalue weighted by Crippen LogP contribution is -2.55. The maximum atomic E-state index is 12.5. The van der Waals surface area contributed by atoms with Gasteiger partial charge in [0.1, 0.15) is 6.54 Å². The molecule has 19 heavy (non-hydrogen) atoms. The maximum Gasteiger partial charge on any atom is 0.406 e. The van der Waals surface area contributed by atoms with E-state index in [1.807, 2.05) is 4.90 Å². The minimum atomic E-state index is -4.32. The average molecular weight is 279 g/mol. The number of nitrogens with one attached hydrogen (secondary N) is 1. The third kappa shape index (κ3) is 4.07. The van der Waals surface area contributed by atoms with E-state index in [1.54, 1.807) is 6.92 Å². The van der Waals surface area contributed by atoms with Crippen LogP contribution in [-0.2, 0) is 4.79 Å². The van der Waals surface area contributed by atoms with Crippen LogP contribution in [0.15, 0.2) is 0 Å². The van der Waals surface area contributed by atoms with Crippen LogP contribution in [0.4, 0.5) is 13.2 Å². The molecule has 1 saturated heterocycles. The summed E-state index contributed by atoms with van der Waals surface area (Å²) in [5, 5.41) is 3.16. The summed E-state index contributed by atoms with van der Waals surface area (Å²) in [6, 6.07) is -0.676. The highest BCUT2D eigenvalue weighted by molar-refractivity contribution is 5.82. The highest BCUT2D eigenvalue weighted by Crippen LogP contribution is 2.31. The Bertz CT molecular complexity index is 325. The second kappa shape index (κ2) is 5.66. The van der Waals surface area contributed by atoms with Gasteiger partial charge in [-0.05, 0) is 19.8 Å². The summed E-state index contributed by atoms with van der Waals surface area (Å²) in [7, 11) is 0. The molecule has 4 nitrogen and oxygen atoms in total. The summed E-state index contributed by atoms with van der Waals surface area (Å²) in [6.45, 7) is 3.56. The van der Waals surface area contributed by atoms with Gasteiger partial charge in [-0.15, -0.1) is 0 Å². The van der Waals surface area contributed by atoms with E-state index < -0.39 is 18.8 Å². The summed E-state index contributed by atoms with van der Waals surface area (Å²) in [4.78, 5) is 15.2. The van der Waals surface area contributed by atoms with E-state index in [0.717, 1.165) is 18.0 Å². The van der Waals surface area contributed by atoms with Gasteiger partial charge >= 0.3 is 6.18 Å². The van der Waals surface area contributed by atoms with Gasteiger partial charge in [-0.25, -0.2) is 0 Å². The second-order valence-electron chi connectivity index (χ2n) is 5.27. The van der Waals surface area contributed by atoms with Gasteiger partial charge in [0.05, 0.1) is 6.04 Å². The number of carbonyl (C=O) groups excluding carboxylic acids is 1. The molecular weight excluding hydrogens is 259 g/mol. The number of carbonyl (C=O) groups is 1. The van der Waals surface area contributed by atoms with Crippen molar-refractivity contribution < 1.29 is 18.0 Å². The van der Waals surface area contributed by atoms with Gasteiger partial charge in [-0.2, -0.15) is 13.2 Å². The topological polar surface area (TPSA) is 35.6 Å². The maximum absolute atomic E-state index is 12.5. The quantitative estimate of drug-likeness (QED) is 0.828. The number of rotatable bonds is 4. The van der Waals surface area contributed by atoms with Crippen LogP contribution >= 0.6 is 0 Å². The van der Waals surface area contributed by atoms with Crippen LogP contribution in [0.3, 0.4) is 0 Å². The van der Waals surface area contributed by atoms with Gasteiger partial charge in [-0.1, -0.05) is 0 Å². The number of hydrogen-bond acceptors (Lipinski definition) is 3. The molecule has 0 bridgehead atoms. The van der Waals surface area contributed by atoms with Gasteiger partial charge in [0.15, 0.2) is 0 Å². The Morgan fingerprint density at radius 2 is 1.95 bits per heavy atom. The van der Waals surface area contributed by atoms with Crippen LogP contribution in [0.25, 0.3) is 0 Å². The average Bonchev–Trinajstić information content (AvgIpc) is 3.18. The van der Waals surface area contributed by atoms with Crippen molar-refractivity contribution in [3.8, 4) is 0 Å². The van der Waals surface area contributed by atoms with Crippen molar-refractivity contribution in [3.05, 3.63) is 0 Å². The van der Waals surface area contributed by atoms with Crippen LogP contribution in [0.5, 0.6) is 0 Å². The zero-order valence-electron chi connectivity index (χ0n) is 11.0. The first kappa shape index (κ1) is 14.6. The fourth-order valence-corrected chi connectivity index (χ4v) is 2.43. The third-order valence-electron chi connectivity index (χ3n) is 3.68. The van der Waals surface area contributed by atoms with Crippen molar-refractivity contribution >= 4 is 5.91 Å². The summed E-state index contributed by atoms with van der Waals surface area (Å²) >= 11 is 0. The molecule has 0 spiro atoms. The highest BCUT2D eigenvalue weighted by Gasteiger charge is 2.42. The lowest BCUT2D eigenvalue weighted by molar-refractivity contribution is -0.165. The Morgan fingerprint density at radius 3 is 2.42 bits per heavy atom. The summed E-state index contributed by atoms with van der Waals surface area (Å²) in [5.41, 5.74) is 0. The molecule has 2 fully saturated rings. The summed E-state index contributed by atoms with van der Waals surface area (Å²) in [6.07, 6.45) is -2.94. The van der Waals surface area contributed by atoms with Crippen molar-refractivity contribution in [2.45, 2.75) is 38.0 Å². The smallest absolute Gasteiger partial charge is 0.329 e. The number of amides is 1. The van der Waals surface area contributed by atoms with Gasteiger partial charge in [-0.3, -0.25) is 9.69 Å². The van der Waals surface area contributed by atoms with Crippen LogP contribution < -0.4 is 5.32 Å². The number of alkyl halides is 3. The van der Waals surface area contributed by atoms with Gasteiger partial charge in [0, 0.05) is 32.2 Å². The SMILES string of the molecule is CC(C(=O)N(CC(F)(F)F)C1CC1)N1CCNCC1. The van der Waals surface area contributed by atoms with E-state index in [4.69, 9.17) is 0 Å². The zero-order valence-corrected chi connectivity index (χ0v) is 11.0. The molecule has 0 aromatic rings. The lowest BCUT2D eigenvalue weighted by atomic mass is 10.2. The van der Waals surface area contributed by atoms with Crippen molar-refractivity contribution in [2.24, 2.45) is 0 Å². The first-order valence-corrected chi connectivity index (χ1v) is 6.70. The molecule has 1 atom stereocenters. The highest BCUT2D eigenvalue weighted by atomic mass is 19.4. The molecule has 1 amide bonds. The van der Waals surface area contributed by atoms with Crippen LogP contribution in [0.1, 0.15) is 19.8 Å². The first-order chi connectivity index (χ1) is 8.88. The number of nitrogens with zero attached hydrogens (tertiary/aromatic N) is 2. The minimum Gasteiger partial charge on any atom is -0.329 e. The third-order valence-corrected chi connectivity index (χ3v) is 3.68. The molecule has 2 rings (SSSR count). The van der Waals surface area contributed by atoms with E-state index in [-0.39, 0.29) is 11.9 Å². The van der Waals surface area contributed by atoms with E-state index in [1.165, 1.54) is 0 Å². The number of halogens is 3. The predicted molar refractivity (Wildman–Crippen MR) is 64.7 cm³/mol. The summed E-state index contributed by atoms with van der Waals surface area (Å²) in [5.74, 6) is -0.387. The second-order valence-corrected chi connectivity index (χ2v) is 5.27. The lowest BCUT2D eigenvalue weighted by Gasteiger charge is -2.35. The predicted octanol–water partition coefficient (Wildman–Crippen LogP) is 0.833. The van der Waals surface area contributed by atoms with Crippen LogP contribution in [0.2, 0.25) is 0 Å². The van der Waals surface area contributed by atoms with Gasteiger partial charge in [0.25, 0.3) is 0 Å². The fraction of sp³-hybridized carbons (Fsp3) is 0.917. The van der Waals surface area contributed by atoms with Crippen LogP contribution in [-0.4, -0.2) is 66.7 Å². The van der Waals surface area contributed by atoms with Crippen molar-refractivity contribution in [1.82, 2.24) is 15.1 Å². The largest absolute Gasteiger partial charge is 0.406 e. The van der Waals surface area contributed by atoms with E-state index >= 15 is 0 Å². The molecule has 1 aliphatic heterocycles. The molecule has 1 N–H and O–H groups in total. The standard InChI is InChI=1S/C12H20F3N3O/c1-9(17-6-4-16-5-7-17)11(19)18(10-2-3-10)8-12(13,14)15/h9-10,16H,2-8H2,1H3. The van der Waals surface area contributed by atoms with Crippen molar-refractivity contribution in [3.63, 3.8) is 0 Å². The molecule has 110 valence electrons. The molecule has 1 saturated carbocycles. The first-order valence-electron chi connectivity index (χ1n) is 6.70. The van der Waals surface area contributed by atoms with E-state index in [2.05, 4.69) is 5.32 Å². The molecule has 0 radical (unpaired) electrons. The number of hydrogen-bond donors (Lipinski definition) is 1. The summed E-state index contributed by atoms with van der Waals surface area (Å²) < 4.78 is 37.6. The van der Waals surface area contributed by atoms with E-state index in [9.17, 15) is 18.0 Å². The van der Waals surface area contributed by atoms with E-state index in [0.29, 0.717) is 25.9 Å². The zero-order chi connectivity index (χ0) is 14.0. The monoisotopic (exact) mass is 279 g/mol. The number of piperazine rings is 1. The van der Waals surface area contributed by atoms with Crippen molar-refractivity contribution in [1.29, 1.82) is 0 Å². The van der Waals surface area contributed by atoms with Gasteiger partial charge < -0.3 is 10.2 Å². The van der Waals surface area contributed by atoms with Crippen LogP contribution in [0, 0.1) is 0 Å². The molecule has 1 unspecified atom stereocenters. The molecule has 0 aromatic carbocycles. The molecule has 1 aliphatic carbocycles. The Labute approximate surface area is 110 Å². The molecule has 0 aromatic heterocycles. The minimum absolute atomic E-state index is 0.209. The molecule has 2 aliphatic rings. The Morgan fingerprint density at radius 1 is 1.37 bits per heavy atom. The van der Waals surface area contributed by atoms with Gasteiger partial charge in [0.2, 0.25) is 5.91 Å². The Hall–Kier alpha value is -0.820. The molecule has 7 heteroatoms. The normalized spacial score (nSPS) is 23.2. The Kier molecular flexibility index (Phi) is 4.35. The van der Waals surface area contributed by atoms with Crippen molar-refractivity contribution in [2.75, 3.05) is 32.7 Å². The Balaban J connectivity index is 1.97.